The fourth-order valence-corrected chi connectivity index (χ4v) is 2.55. The van der Waals surface area contributed by atoms with Crippen molar-refractivity contribution < 1.29 is 14.1 Å². The number of carbonyl (C=O) groups is 1. The fourth-order valence-electron chi connectivity index (χ4n) is 2.29. The molecule has 1 amide bonds. The third-order valence-electron chi connectivity index (χ3n) is 3.73. The van der Waals surface area contributed by atoms with Crippen molar-refractivity contribution in [2.45, 2.75) is 24.9 Å². The second-order valence-corrected chi connectivity index (χ2v) is 5.75. The summed E-state index contributed by atoms with van der Waals surface area (Å²) in [5.41, 5.74) is 1.14. The normalized spacial score (nSPS) is 15.5. The van der Waals surface area contributed by atoms with Gasteiger partial charge in [0.15, 0.2) is 5.69 Å². The Bertz CT molecular complexity index is 667. The summed E-state index contributed by atoms with van der Waals surface area (Å²) < 4.78 is 10.6. The van der Waals surface area contributed by atoms with E-state index in [1.807, 2.05) is 18.2 Å². The number of ether oxygens (including phenoxy) is 1. The monoisotopic (exact) mass is 320 g/mol. The Morgan fingerprint density at radius 2 is 2.27 bits per heavy atom. The van der Waals surface area contributed by atoms with Crippen LogP contribution in [0.4, 0.5) is 0 Å². The van der Waals surface area contributed by atoms with E-state index in [1.165, 1.54) is 0 Å². The molecular formula is C16H17ClN2O3. The maximum Gasteiger partial charge on any atom is 0.273 e. The molecule has 1 aromatic heterocycles. The van der Waals surface area contributed by atoms with Crippen molar-refractivity contribution in [2.24, 2.45) is 0 Å². The first kappa shape index (κ1) is 15.1. The van der Waals surface area contributed by atoms with Crippen molar-refractivity contribution in [3.8, 4) is 0 Å². The van der Waals surface area contributed by atoms with Crippen LogP contribution in [-0.2, 0) is 4.74 Å². The number of amides is 1. The summed E-state index contributed by atoms with van der Waals surface area (Å²) in [4.78, 5) is 12.1. The molecule has 0 unspecified atom stereocenters. The highest BCUT2D eigenvalue weighted by Crippen LogP contribution is 2.40. The minimum Gasteiger partial charge on any atom is -0.375 e. The Labute approximate surface area is 133 Å². The molecule has 116 valence electrons. The van der Waals surface area contributed by atoms with Crippen LogP contribution in [0.25, 0.3) is 0 Å². The third-order valence-corrected chi connectivity index (χ3v) is 4.07. The number of methoxy groups -OCH3 is 1. The van der Waals surface area contributed by atoms with Crippen molar-refractivity contribution in [2.75, 3.05) is 13.7 Å². The van der Waals surface area contributed by atoms with Crippen LogP contribution >= 0.6 is 11.6 Å². The van der Waals surface area contributed by atoms with Gasteiger partial charge in [-0.15, -0.1) is 0 Å². The molecule has 3 rings (SSSR count). The molecule has 0 spiro atoms. The molecule has 5 nitrogen and oxygen atoms in total. The summed E-state index contributed by atoms with van der Waals surface area (Å²) in [5, 5.41) is 7.23. The van der Waals surface area contributed by atoms with Gasteiger partial charge in [-0.25, -0.2) is 0 Å². The number of nitrogens with zero attached hydrogens (tertiary/aromatic N) is 1. The maximum absolute atomic E-state index is 12.1. The van der Waals surface area contributed by atoms with E-state index in [0.29, 0.717) is 23.2 Å². The first-order valence-electron chi connectivity index (χ1n) is 7.21. The van der Waals surface area contributed by atoms with Gasteiger partial charge in [0.05, 0.1) is 0 Å². The second-order valence-electron chi connectivity index (χ2n) is 5.34. The number of nitrogens with one attached hydrogen (secondary N) is 1. The molecule has 1 aliphatic rings. The predicted molar refractivity (Wildman–Crippen MR) is 82.0 cm³/mol. The van der Waals surface area contributed by atoms with Crippen LogP contribution in [0.3, 0.4) is 0 Å². The minimum atomic E-state index is -0.313. The number of rotatable bonds is 6. The molecule has 1 atom stereocenters. The molecule has 1 fully saturated rings. The van der Waals surface area contributed by atoms with Gasteiger partial charge in [0.1, 0.15) is 11.9 Å². The average Bonchev–Trinajstić information content (AvgIpc) is 3.26. The van der Waals surface area contributed by atoms with E-state index < -0.39 is 0 Å². The Balaban J connectivity index is 1.62. The third kappa shape index (κ3) is 3.31. The summed E-state index contributed by atoms with van der Waals surface area (Å²) in [5.74, 6) is 0.952. The van der Waals surface area contributed by atoms with Gasteiger partial charge in [0.2, 0.25) is 0 Å². The van der Waals surface area contributed by atoms with Crippen molar-refractivity contribution in [1.29, 1.82) is 0 Å². The topological polar surface area (TPSA) is 64.4 Å². The molecule has 0 bridgehead atoms. The number of aromatic nitrogens is 1. The lowest BCUT2D eigenvalue weighted by molar-refractivity contribution is 0.0821. The van der Waals surface area contributed by atoms with Crippen LogP contribution in [0.5, 0.6) is 0 Å². The molecular weight excluding hydrogens is 304 g/mol. The fraction of sp³-hybridized carbons (Fsp3) is 0.375. The zero-order valence-electron chi connectivity index (χ0n) is 12.2. The van der Waals surface area contributed by atoms with Crippen LogP contribution in [0.2, 0.25) is 5.02 Å². The summed E-state index contributed by atoms with van der Waals surface area (Å²) in [6.07, 6.45) is 1.90. The molecule has 1 heterocycles. The Morgan fingerprint density at radius 3 is 2.95 bits per heavy atom. The van der Waals surface area contributed by atoms with E-state index in [2.05, 4.69) is 10.5 Å². The van der Waals surface area contributed by atoms with Gasteiger partial charge in [-0.2, -0.15) is 0 Å². The van der Waals surface area contributed by atoms with Gasteiger partial charge >= 0.3 is 0 Å². The van der Waals surface area contributed by atoms with E-state index in [0.717, 1.165) is 24.2 Å². The molecule has 22 heavy (non-hydrogen) atoms. The summed E-state index contributed by atoms with van der Waals surface area (Å²) >= 11 is 6.16. The Kier molecular flexibility index (Phi) is 4.45. The Morgan fingerprint density at radius 1 is 1.50 bits per heavy atom. The highest BCUT2D eigenvalue weighted by Gasteiger charge is 2.29. The zero-order valence-corrected chi connectivity index (χ0v) is 13.0. The van der Waals surface area contributed by atoms with Crippen LogP contribution in [0.15, 0.2) is 34.9 Å². The molecule has 1 saturated carbocycles. The highest BCUT2D eigenvalue weighted by molar-refractivity contribution is 6.31. The summed E-state index contributed by atoms with van der Waals surface area (Å²) in [7, 11) is 1.58. The molecule has 6 heteroatoms. The van der Waals surface area contributed by atoms with Gasteiger partial charge in [0, 0.05) is 36.2 Å². The minimum absolute atomic E-state index is 0.273. The molecule has 1 aliphatic carbocycles. The van der Waals surface area contributed by atoms with E-state index in [-0.39, 0.29) is 12.0 Å². The number of hydrogen-bond acceptors (Lipinski definition) is 4. The largest absolute Gasteiger partial charge is 0.375 e. The van der Waals surface area contributed by atoms with Gasteiger partial charge in [-0.1, -0.05) is 35.0 Å². The summed E-state index contributed by atoms with van der Waals surface area (Å²) in [6, 6.07) is 9.12. The van der Waals surface area contributed by atoms with E-state index in [9.17, 15) is 4.79 Å². The van der Waals surface area contributed by atoms with Crippen molar-refractivity contribution >= 4 is 17.5 Å². The Hall–Kier alpha value is -1.85. The van der Waals surface area contributed by atoms with Crippen LogP contribution in [-0.4, -0.2) is 24.7 Å². The molecule has 0 saturated heterocycles. The van der Waals surface area contributed by atoms with Crippen LogP contribution in [0.1, 0.15) is 46.7 Å². The lowest BCUT2D eigenvalue weighted by Gasteiger charge is -2.17. The van der Waals surface area contributed by atoms with E-state index in [1.54, 1.807) is 19.2 Å². The molecule has 0 radical (unpaired) electrons. The zero-order chi connectivity index (χ0) is 15.5. The highest BCUT2D eigenvalue weighted by atomic mass is 35.5. The SMILES string of the molecule is CO[C@H](CNC(=O)c1cc(C2CC2)on1)c1ccccc1Cl. The van der Waals surface area contributed by atoms with Crippen molar-refractivity contribution in [1.82, 2.24) is 10.5 Å². The van der Waals surface area contributed by atoms with Crippen molar-refractivity contribution in [3.05, 3.63) is 52.4 Å². The van der Waals surface area contributed by atoms with Gasteiger partial charge < -0.3 is 14.6 Å². The lowest BCUT2D eigenvalue weighted by atomic mass is 10.1. The number of hydrogen-bond donors (Lipinski definition) is 1. The maximum atomic E-state index is 12.1. The molecule has 0 aliphatic heterocycles. The van der Waals surface area contributed by atoms with E-state index >= 15 is 0 Å². The quantitative estimate of drug-likeness (QED) is 0.886. The lowest BCUT2D eigenvalue weighted by Crippen LogP contribution is -2.29. The number of carbonyl (C=O) groups excluding carboxylic acids is 1. The smallest absolute Gasteiger partial charge is 0.273 e. The second kappa shape index (κ2) is 6.50. The van der Waals surface area contributed by atoms with Crippen molar-refractivity contribution in [3.63, 3.8) is 0 Å². The average molecular weight is 321 g/mol. The molecule has 1 aromatic carbocycles. The molecule has 1 N–H and O–H groups in total. The standard InChI is InChI=1S/C16H17ClN2O3/c1-21-15(11-4-2-3-5-12(11)17)9-18-16(20)13-8-14(22-19-13)10-6-7-10/h2-5,8,10,15H,6-7,9H2,1H3,(H,18,20)/t15-/m1/s1. The first-order chi connectivity index (χ1) is 10.7. The molecule has 2 aromatic rings. The van der Waals surface area contributed by atoms with Gasteiger partial charge in [-0.05, 0) is 18.9 Å². The van der Waals surface area contributed by atoms with Crippen LogP contribution < -0.4 is 5.32 Å². The summed E-state index contributed by atoms with van der Waals surface area (Å²) in [6.45, 7) is 0.310. The number of halogens is 1. The van der Waals surface area contributed by atoms with Gasteiger partial charge in [0.25, 0.3) is 5.91 Å². The number of benzene rings is 1. The van der Waals surface area contributed by atoms with E-state index in [4.69, 9.17) is 20.9 Å². The predicted octanol–water partition coefficient (Wildman–Crippen LogP) is 3.32. The van der Waals surface area contributed by atoms with Crippen LogP contribution in [0, 0.1) is 0 Å². The first-order valence-corrected chi connectivity index (χ1v) is 7.59. The van der Waals surface area contributed by atoms with Gasteiger partial charge in [-0.3, -0.25) is 4.79 Å².